The molecular formula is C20H25ClN2O3S. The molecule has 27 heavy (non-hydrogen) atoms. The zero-order valence-corrected chi connectivity index (χ0v) is 17.0. The molecule has 5 nitrogen and oxygen atoms in total. The van der Waals surface area contributed by atoms with Crippen LogP contribution in [0.5, 0.6) is 0 Å². The normalized spacial score (nSPS) is 15.1. The van der Waals surface area contributed by atoms with Crippen molar-refractivity contribution in [2.24, 2.45) is 0 Å². The van der Waals surface area contributed by atoms with Gasteiger partial charge in [0.15, 0.2) is 0 Å². The second-order valence-corrected chi connectivity index (χ2v) is 8.85. The Morgan fingerprint density at radius 3 is 2.52 bits per heavy atom. The molecule has 0 unspecified atom stereocenters. The van der Waals surface area contributed by atoms with Crippen LogP contribution in [0.2, 0.25) is 5.02 Å². The molecule has 0 amide bonds. The minimum Gasteiger partial charge on any atom is -0.378 e. The van der Waals surface area contributed by atoms with E-state index < -0.39 is 10.0 Å². The number of aryl methyl sites for hydroxylation is 2. The Hall–Kier alpha value is -1.60. The molecule has 0 radical (unpaired) electrons. The SMILES string of the molecule is Cc1ccc(Cl)cc1S(=O)(=O)NCCCc1ccc(N2CCOCC2)cc1. The highest BCUT2D eigenvalue weighted by Crippen LogP contribution is 2.20. The second-order valence-electron chi connectivity index (χ2n) is 6.68. The number of anilines is 1. The highest BCUT2D eigenvalue weighted by molar-refractivity contribution is 7.89. The van der Waals surface area contributed by atoms with Crippen LogP contribution in [-0.4, -0.2) is 41.3 Å². The van der Waals surface area contributed by atoms with E-state index in [0.29, 0.717) is 17.1 Å². The van der Waals surface area contributed by atoms with Gasteiger partial charge in [-0.1, -0.05) is 29.8 Å². The standard InChI is InChI=1S/C20H25ClN2O3S/c1-16-4-7-18(21)15-20(16)27(24,25)22-10-2-3-17-5-8-19(9-6-17)23-11-13-26-14-12-23/h4-9,15,22H,2-3,10-14H2,1H3. The first-order valence-corrected chi connectivity index (χ1v) is 11.0. The second kappa shape index (κ2) is 9.06. The van der Waals surface area contributed by atoms with Crippen molar-refractivity contribution in [1.82, 2.24) is 4.72 Å². The molecular weight excluding hydrogens is 384 g/mol. The van der Waals surface area contributed by atoms with Crippen LogP contribution in [0.3, 0.4) is 0 Å². The lowest BCUT2D eigenvalue weighted by Crippen LogP contribution is -2.36. The van der Waals surface area contributed by atoms with Crippen molar-refractivity contribution < 1.29 is 13.2 Å². The fourth-order valence-electron chi connectivity index (χ4n) is 3.14. The van der Waals surface area contributed by atoms with E-state index in [2.05, 4.69) is 33.9 Å². The van der Waals surface area contributed by atoms with Gasteiger partial charge in [-0.3, -0.25) is 0 Å². The van der Waals surface area contributed by atoms with Gasteiger partial charge < -0.3 is 9.64 Å². The molecule has 0 aromatic heterocycles. The molecule has 3 rings (SSSR count). The number of benzene rings is 2. The summed E-state index contributed by atoms with van der Waals surface area (Å²) in [5.41, 5.74) is 3.09. The average Bonchev–Trinajstić information content (AvgIpc) is 2.68. The van der Waals surface area contributed by atoms with E-state index in [1.165, 1.54) is 17.3 Å². The van der Waals surface area contributed by atoms with Gasteiger partial charge in [0.05, 0.1) is 18.1 Å². The Morgan fingerprint density at radius 1 is 1.11 bits per heavy atom. The zero-order valence-electron chi connectivity index (χ0n) is 15.4. The Morgan fingerprint density at radius 2 is 1.81 bits per heavy atom. The zero-order chi connectivity index (χ0) is 19.3. The van der Waals surface area contributed by atoms with E-state index in [0.717, 1.165) is 39.1 Å². The molecule has 1 aliphatic heterocycles. The number of rotatable bonds is 7. The highest BCUT2D eigenvalue weighted by atomic mass is 35.5. The van der Waals surface area contributed by atoms with Crippen molar-refractivity contribution in [3.05, 3.63) is 58.6 Å². The molecule has 1 aliphatic rings. The van der Waals surface area contributed by atoms with Crippen LogP contribution < -0.4 is 9.62 Å². The Bertz CT molecular complexity index is 863. The number of nitrogens with zero attached hydrogens (tertiary/aromatic N) is 1. The van der Waals surface area contributed by atoms with Crippen LogP contribution in [0.1, 0.15) is 17.5 Å². The number of nitrogens with one attached hydrogen (secondary N) is 1. The lowest BCUT2D eigenvalue weighted by atomic mass is 10.1. The number of morpholine rings is 1. The van der Waals surface area contributed by atoms with Crippen LogP contribution in [0.4, 0.5) is 5.69 Å². The van der Waals surface area contributed by atoms with Crippen molar-refractivity contribution in [3.8, 4) is 0 Å². The van der Waals surface area contributed by atoms with Crippen molar-refractivity contribution >= 4 is 27.3 Å². The maximum Gasteiger partial charge on any atom is 0.240 e. The molecule has 0 atom stereocenters. The molecule has 1 fully saturated rings. The smallest absolute Gasteiger partial charge is 0.240 e. The van der Waals surface area contributed by atoms with Crippen molar-refractivity contribution in [2.45, 2.75) is 24.7 Å². The van der Waals surface area contributed by atoms with Gasteiger partial charge in [0, 0.05) is 30.3 Å². The third kappa shape index (κ3) is 5.45. The van der Waals surface area contributed by atoms with Gasteiger partial charge in [-0.2, -0.15) is 0 Å². The summed E-state index contributed by atoms with van der Waals surface area (Å²) < 4.78 is 32.9. The minimum absolute atomic E-state index is 0.241. The van der Waals surface area contributed by atoms with Gasteiger partial charge in [0.1, 0.15) is 0 Å². The van der Waals surface area contributed by atoms with Crippen LogP contribution in [-0.2, 0) is 21.2 Å². The van der Waals surface area contributed by atoms with E-state index in [1.807, 2.05) is 0 Å². The molecule has 1 saturated heterocycles. The lowest BCUT2D eigenvalue weighted by Gasteiger charge is -2.28. The third-order valence-corrected chi connectivity index (χ3v) is 6.52. The highest BCUT2D eigenvalue weighted by Gasteiger charge is 2.16. The van der Waals surface area contributed by atoms with E-state index in [-0.39, 0.29) is 4.90 Å². The fraction of sp³-hybridized carbons (Fsp3) is 0.400. The molecule has 2 aromatic carbocycles. The molecule has 7 heteroatoms. The third-order valence-electron chi connectivity index (χ3n) is 4.69. The number of sulfonamides is 1. The number of hydrogen-bond donors (Lipinski definition) is 1. The molecule has 1 N–H and O–H groups in total. The van der Waals surface area contributed by atoms with Crippen molar-refractivity contribution in [1.29, 1.82) is 0 Å². The van der Waals surface area contributed by atoms with E-state index >= 15 is 0 Å². The quantitative estimate of drug-likeness (QED) is 0.713. The van der Waals surface area contributed by atoms with Gasteiger partial charge in [0.25, 0.3) is 0 Å². The van der Waals surface area contributed by atoms with Gasteiger partial charge in [-0.15, -0.1) is 0 Å². The largest absolute Gasteiger partial charge is 0.378 e. The van der Waals surface area contributed by atoms with Crippen LogP contribution >= 0.6 is 11.6 Å². The number of hydrogen-bond acceptors (Lipinski definition) is 4. The van der Waals surface area contributed by atoms with Gasteiger partial charge in [0.2, 0.25) is 10.0 Å². The molecule has 2 aromatic rings. The van der Waals surface area contributed by atoms with E-state index in [1.54, 1.807) is 19.1 Å². The molecule has 0 saturated carbocycles. The van der Waals surface area contributed by atoms with Crippen molar-refractivity contribution in [3.63, 3.8) is 0 Å². The number of halogens is 1. The van der Waals surface area contributed by atoms with Crippen molar-refractivity contribution in [2.75, 3.05) is 37.7 Å². The fourth-order valence-corrected chi connectivity index (χ4v) is 4.71. The van der Waals surface area contributed by atoms with Crippen LogP contribution in [0.15, 0.2) is 47.4 Å². The summed E-state index contributed by atoms with van der Waals surface area (Å²) in [6.07, 6.45) is 1.55. The summed E-state index contributed by atoms with van der Waals surface area (Å²) in [7, 11) is -3.54. The molecule has 146 valence electrons. The topological polar surface area (TPSA) is 58.6 Å². The van der Waals surface area contributed by atoms with Gasteiger partial charge in [-0.25, -0.2) is 13.1 Å². The van der Waals surface area contributed by atoms with E-state index in [9.17, 15) is 8.42 Å². The average molecular weight is 409 g/mol. The lowest BCUT2D eigenvalue weighted by molar-refractivity contribution is 0.122. The minimum atomic E-state index is -3.54. The molecule has 0 bridgehead atoms. The summed E-state index contributed by atoms with van der Waals surface area (Å²) in [5.74, 6) is 0. The predicted molar refractivity (Wildman–Crippen MR) is 109 cm³/mol. The molecule has 0 aliphatic carbocycles. The summed E-state index contributed by atoms with van der Waals surface area (Å²) >= 11 is 5.93. The van der Waals surface area contributed by atoms with Gasteiger partial charge >= 0.3 is 0 Å². The first-order chi connectivity index (χ1) is 13.0. The predicted octanol–water partition coefficient (Wildman–Crippen LogP) is 3.40. The Labute approximate surface area is 166 Å². The first kappa shape index (κ1) is 20.1. The summed E-state index contributed by atoms with van der Waals surface area (Å²) in [5, 5.41) is 0.418. The maximum atomic E-state index is 12.5. The molecule has 0 spiro atoms. The van der Waals surface area contributed by atoms with Crippen LogP contribution in [0, 0.1) is 6.92 Å². The maximum absolute atomic E-state index is 12.5. The molecule has 1 heterocycles. The Balaban J connectivity index is 1.50. The monoisotopic (exact) mass is 408 g/mol. The summed E-state index contributed by atoms with van der Waals surface area (Å²) in [6.45, 7) is 5.54. The summed E-state index contributed by atoms with van der Waals surface area (Å²) in [6, 6.07) is 13.4. The number of ether oxygens (including phenoxy) is 1. The van der Waals surface area contributed by atoms with Gasteiger partial charge in [-0.05, 0) is 55.2 Å². The van der Waals surface area contributed by atoms with Crippen LogP contribution in [0.25, 0.3) is 0 Å². The van der Waals surface area contributed by atoms with E-state index in [4.69, 9.17) is 16.3 Å². The summed E-state index contributed by atoms with van der Waals surface area (Å²) in [4.78, 5) is 2.55. The first-order valence-electron chi connectivity index (χ1n) is 9.13. The Kier molecular flexibility index (Phi) is 6.76.